The van der Waals surface area contributed by atoms with E-state index in [2.05, 4.69) is 16.0 Å². The van der Waals surface area contributed by atoms with E-state index in [-0.39, 0.29) is 18.1 Å². The summed E-state index contributed by atoms with van der Waals surface area (Å²) >= 11 is 0. The van der Waals surface area contributed by atoms with Gasteiger partial charge in [0.1, 0.15) is 0 Å². The Hall–Kier alpha value is -4.01. The van der Waals surface area contributed by atoms with Crippen LogP contribution in [-0.4, -0.2) is 45.3 Å². The van der Waals surface area contributed by atoms with Gasteiger partial charge in [0.15, 0.2) is 18.1 Å². The largest absolute Gasteiger partial charge is 0.493 e. The van der Waals surface area contributed by atoms with Crippen molar-refractivity contribution in [2.45, 2.75) is 19.4 Å². The molecule has 3 rings (SSSR count). The Bertz CT molecular complexity index is 1050. The van der Waals surface area contributed by atoms with Gasteiger partial charge in [0.2, 0.25) is 0 Å². The molecule has 9 heteroatoms. The summed E-state index contributed by atoms with van der Waals surface area (Å²) in [7, 11) is 2.74. The molecule has 1 heterocycles. The maximum atomic E-state index is 12.3. The predicted molar refractivity (Wildman–Crippen MR) is 121 cm³/mol. The van der Waals surface area contributed by atoms with Gasteiger partial charge in [-0.05, 0) is 36.6 Å². The van der Waals surface area contributed by atoms with Crippen molar-refractivity contribution in [3.8, 4) is 11.5 Å². The van der Waals surface area contributed by atoms with Crippen LogP contribution in [0.1, 0.15) is 24.1 Å². The second kappa shape index (κ2) is 11.0. The number of amides is 3. The molecule has 33 heavy (non-hydrogen) atoms. The highest BCUT2D eigenvalue weighted by Crippen LogP contribution is 2.34. The Morgan fingerprint density at radius 2 is 1.82 bits per heavy atom. The Labute approximate surface area is 192 Å². The van der Waals surface area contributed by atoms with Crippen molar-refractivity contribution in [2.75, 3.05) is 27.4 Å². The number of benzene rings is 2. The summed E-state index contributed by atoms with van der Waals surface area (Å²) < 4.78 is 15.9. The highest BCUT2D eigenvalue weighted by Gasteiger charge is 2.32. The van der Waals surface area contributed by atoms with E-state index in [1.54, 1.807) is 25.1 Å². The summed E-state index contributed by atoms with van der Waals surface area (Å²) in [5.41, 5.74) is 2.42. The fraction of sp³-hybridized carbons (Fsp3) is 0.292. The summed E-state index contributed by atoms with van der Waals surface area (Å²) in [6.45, 7) is 1.95. The number of methoxy groups -OCH3 is 2. The number of rotatable bonds is 9. The third-order valence-corrected chi connectivity index (χ3v) is 5.13. The molecular formula is C24H27N3O6. The van der Waals surface area contributed by atoms with Crippen molar-refractivity contribution in [3.05, 3.63) is 70.9 Å². The monoisotopic (exact) mass is 453 g/mol. The van der Waals surface area contributed by atoms with E-state index in [0.29, 0.717) is 29.3 Å². The quantitative estimate of drug-likeness (QED) is 0.502. The fourth-order valence-corrected chi connectivity index (χ4v) is 3.49. The zero-order chi connectivity index (χ0) is 23.8. The van der Waals surface area contributed by atoms with Crippen LogP contribution >= 0.6 is 0 Å². The minimum absolute atomic E-state index is 0.180. The van der Waals surface area contributed by atoms with E-state index in [1.165, 1.54) is 14.2 Å². The van der Waals surface area contributed by atoms with Crippen LogP contribution in [0.5, 0.6) is 11.5 Å². The maximum absolute atomic E-state index is 12.3. The zero-order valence-corrected chi connectivity index (χ0v) is 18.8. The molecule has 0 aromatic heterocycles. The van der Waals surface area contributed by atoms with E-state index in [1.807, 2.05) is 30.3 Å². The van der Waals surface area contributed by atoms with Crippen LogP contribution in [0.25, 0.3) is 0 Å². The Kier molecular flexibility index (Phi) is 7.91. The van der Waals surface area contributed by atoms with Crippen LogP contribution in [0, 0.1) is 0 Å². The van der Waals surface area contributed by atoms with E-state index < -0.39 is 18.0 Å². The molecule has 9 nitrogen and oxygen atoms in total. The molecule has 0 radical (unpaired) electrons. The standard InChI is InChI=1S/C24H27N3O6/c1-15-21(23(29)32-3)22(27-24(30)26-15)17-9-10-18(19(13-17)31-2)33-14-20(28)25-12-11-16-7-5-4-6-8-16/h4-10,13,22H,11-12,14H2,1-3H3,(H,25,28)(H2,26,27,30)/t22-/m1/s1. The molecule has 3 amide bonds. The minimum atomic E-state index is -0.726. The number of nitrogens with one attached hydrogen (secondary N) is 3. The van der Waals surface area contributed by atoms with Gasteiger partial charge in [0.05, 0.1) is 25.8 Å². The molecule has 0 spiro atoms. The van der Waals surface area contributed by atoms with Crippen molar-refractivity contribution < 1.29 is 28.6 Å². The van der Waals surface area contributed by atoms with Crippen molar-refractivity contribution in [2.24, 2.45) is 0 Å². The third-order valence-electron chi connectivity index (χ3n) is 5.13. The van der Waals surface area contributed by atoms with E-state index >= 15 is 0 Å². The fourth-order valence-electron chi connectivity index (χ4n) is 3.49. The average Bonchev–Trinajstić information content (AvgIpc) is 2.82. The topological polar surface area (TPSA) is 115 Å². The Balaban J connectivity index is 1.65. The number of urea groups is 1. The number of carbonyl (C=O) groups excluding carboxylic acids is 3. The van der Waals surface area contributed by atoms with Crippen LogP contribution in [0.4, 0.5) is 4.79 Å². The zero-order valence-electron chi connectivity index (χ0n) is 18.8. The molecule has 2 aromatic rings. The SMILES string of the molecule is COC(=O)C1=C(C)NC(=O)N[C@@H]1c1ccc(OCC(=O)NCCc2ccccc2)c(OC)c1. The third kappa shape index (κ3) is 6.03. The van der Waals surface area contributed by atoms with Crippen LogP contribution in [0.15, 0.2) is 59.8 Å². The van der Waals surface area contributed by atoms with Crippen molar-refractivity contribution in [3.63, 3.8) is 0 Å². The van der Waals surface area contributed by atoms with E-state index in [9.17, 15) is 14.4 Å². The molecular weight excluding hydrogens is 426 g/mol. The van der Waals surface area contributed by atoms with Crippen LogP contribution < -0.4 is 25.4 Å². The lowest BCUT2D eigenvalue weighted by molar-refractivity contribution is -0.136. The van der Waals surface area contributed by atoms with Gasteiger partial charge in [-0.1, -0.05) is 36.4 Å². The van der Waals surface area contributed by atoms with Crippen LogP contribution in [-0.2, 0) is 20.7 Å². The lowest BCUT2D eigenvalue weighted by atomic mass is 9.95. The Morgan fingerprint density at radius 3 is 2.52 bits per heavy atom. The van der Waals surface area contributed by atoms with Gasteiger partial charge < -0.3 is 30.2 Å². The van der Waals surface area contributed by atoms with Gasteiger partial charge >= 0.3 is 12.0 Å². The first-order valence-electron chi connectivity index (χ1n) is 10.4. The van der Waals surface area contributed by atoms with Gasteiger partial charge in [-0.3, -0.25) is 4.79 Å². The van der Waals surface area contributed by atoms with Crippen molar-refractivity contribution in [1.29, 1.82) is 0 Å². The lowest BCUT2D eigenvalue weighted by Crippen LogP contribution is -2.45. The van der Waals surface area contributed by atoms with Gasteiger partial charge in [-0.15, -0.1) is 0 Å². The normalized spacial score (nSPS) is 15.2. The molecule has 0 saturated heterocycles. The van der Waals surface area contributed by atoms with Gasteiger partial charge in [-0.2, -0.15) is 0 Å². The summed E-state index contributed by atoms with van der Waals surface area (Å²) in [6, 6.07) is 13.7. The number of hydrogen-bond acceptors (Lipinski definition) is 6. The smallest absolute Gasteiger partial charge is 0.337 e. The van der Waals surface area contributed by atoms with Gasteiger partial charge in [0, 0.05) is 12.2 Å². The molecule has 1 aliphatic heterocycles. The predicted octanol–water partition coefficient (Wildman–Crippen LogP) is 2.23. The molecule has 3 N–H and O–H groups in total. The summed E-state index contributed by atoms with van der Waals surface area (Å²) in [4.78, 5) is 36.4. The van der Waals surface area contributed by atoms with Crippen molar-refractivity contribution in [1.82, 2.24) is 16.0 Å². The van der Waals surface area contributed by atoms with E-state index in [0.717, 1.165) is 12.0 Å². The number of ether oxygens (including phenoxy) is 3. The number of hydrogen-bond donors (Lipinski definition) is 3. The first-order chi connectivity index (χ1) is 15.9. The molecule has 0 unspecified atom stereocenters. The van der Waals surface area contributed by atoms with Crippen LogP contribution in [0.3, 0.4) is 0 Å². The summed E-state index contributed by atoms with van der Waals surface area (Å²) in [5.74, 6) is -0.0926. The molecule has 0 aliphatic carbocycles. The molecule has 0 fully saturated rings. The highest BCUT2D eigenvalue weighted by molar-refractivity contribution is 5.95. The minimum Gasteiger partial charge on any atom is -0.493 e. The first kappa shape index (κ1) is 23.6. The molecule has 1 aliphatic rings. The number of allylic oxidation sites excluding steroid dienone is 1. The molecule has 1 atom stereocenters. The second-order valence-corrected chi connectivity index (χ2v) is 7.35. The highest BCUT2D eigenvalue weighted by atomic mass is 16.5. The summed E-state index contributed by atoms with van der Waals surface area (Å²) in [5, 5.41) is 8.11. The van der Waals surface area contributed by atoms with Gasteiger partial charge in [0.25, 0.3) is 5.91 Å². The molecule has 0 saturated carbocycles. The lowest BCUT2D eigenvalue weighted by Gasteiger charge is -2.28. The molecule has 0 bridgehead atoms. The molecule has 2 aromatic carbocycles. The Morgan fingerprint density at radius 1 is 1.06 bits per heavy atom. The maximum Gasteiger partial charge on any atom is 0.337 e. The van der Waals surface area contributed by atoms with E-state index in [4.69, 9.17) is 14.2 Å². The van der Waals surface area contributed by atoms with Crippen molar-refractivity contribution >= 4 is 17.9 Å². The number of esters is 1. The average molecular weight is 453 g/mol. The molecule has 174 valence electrons. The number of carbonyl (C=O) groups is 3. The summed E-state index contributed by atoms with van der Waals surface area (Å²) in [6.07, 6.45) is 0.724. The van der Waals surface area contributed by atoms with Crippen LogP contribution in [0.2, 0.25) is 0 Å². The first-order valence-corrected chi connectivity index (χ1v) is 10.4. The van der Waals surface area contributed by atoms with Gasteiger partial charge in [-0.25, -0.2) is 9.59 Å². The second-order valence-electron chi connectivity index (χ2n) is 7.35.